The molecular weight excluding hydrogens is 212 g/mol. The van der Waals surface area contributed by atoms with Crippen LogP contribution >= 0.6 is 0 Å². The smallest absolute Gasteiger partial charge is 0.109 e. The second kappa shape index (κ2) is 6.98. The van der Waals surface area contributed by atoms with Crippen LogP contribution in [0.3, 0.4) is 0 Å². The molecule has 1 aliphatic carbocycles. The van der Waals surface area contributed by atoms with Crippen LogP contribution in [0.25, 0.3) is 0 Å². The molecule has 2 atom stereocenters. The average Bonchev–Trinajstić information content (AvgIpc) is 2.71. The Kier molecular flexibility index (Phi) is 5.94. The van der Waals surface area contributed by atoms with Crippen LogP contribution in [0.5, 0.6) is 0 Å². The lowest BCUT2D eigenvalue weighted by atomic mass is 9.99. The maximum absolute atomic E-state index is 9.31. The number of rotatable bonds is 7. The maximum Gasteiger partial charge on any atom is 0.109 e. The second-order valence-electron chi connectivity index (χ2n) is 5.54. The maximum atomic E-state index is 9.31. The molecule has 0 aromatic heterocycles. The van der Waals surface area contributed by atoms with Crippen LogP contribution < -0.4 is 5.32 Å². The summed E-state index contributed by atoms with van der Waals surface area (Å²) in [5, 5.41) is 12.7. The van der Waals surface area contributed by atoms with Gasteiger partial charge in [-0.25, -0.2) is 0 Å². The van der Waals surface area contributed by atoms with Crippen LogP contribution in [-0.4, -0.2) is 24.8 Å². The van der Waals surface area contributed by atoms with Gasteiger partial charge in [0.15, 0.2) is 0 Å². The van der Waals surface area contributed by atoms with Gasteiger partial charge in [0.1, 0.15) is 5.54 Å². The lowest BCUT2D eigenvalue weighted by Crippen LogP contribution is -2.42. The number of nitriles is 1. The van der Waals surface area contributed by atoms with Gasteiger partial charge >= 0.3 is 0 Å². The van der Waals surface area contributed by atoms with Gasteiger partial charge in [-0.3, -0.25) is 5.32 Å². The van der Waals surface area contributed by atoms with Gasteiger partial charge in [-0.15, -0.1) is 0 Å². The highest BCUT2D eigenvalue weighted by Crippen LogP contribution is 2.31. The van der Waals surface area contributed by atoms with E-state index >= 15 is 0 Å². The molecule has 0 spiro atoms. The highest BCUT2D eigenvalue weighted by molar-refractivity contribution is 5.12. The summed E-state index contributed by atoms with van der Waals surface area (Å²) in [5.74, 6) is 0.690. The fraction of sp³-hybridized carbons (Fsp3) is 0.929. The molecule has 1 saturated carbocycles. The first-order chi connectivity index (χ1) is 8.12. The van der Waals surface area contributed by atoms with E-state index in [-0.39, 0.29) is 11.6 Å². The predicted octanol–water partition coefficient (Wildman–Crippen LogP) is 2.86. The Hall–Kier alpha value is -0.590. The van der Waals surface area contributed by atoms with Crippen LogP contribution in [0.4, 0.5) is 0 Å². The molecular formula is C14H26N2O. The molecule has 2 unspecified atom stereocenters. The minimum absolute atomic E-state index is 0.276. The Morgan fingerprint density at radius 2 is 2.29 bits per heavy atom. The number of nitrogens with zero attached hydrogens (tertiary/aromatic N) is 1. The molecule has 0 saturated heterocycles. The molecule has 0 aromatic rings. The van der Waals surface area contributed by atoms with Crippen molar-refractivity contribution in [2.75, 3.05) is 13.2 Å². The van der Waals surface area contributed by atoms with E-state index < -0.39 is 0 Å². The van der Waals surface area contributed by atoms with Crippen LogP contribution in [0.15, 0.2) is 0 Å². The number of hydrogen-bond acceptors (Lipinski definition) is 3. The van der Waals surface area contributed by atoms with E-state index in [2.05, 4.69) is 32.2 Å². The number of nitrogens with one attached hydrogen (secondary N) is 1. The van der Waals surface area contributed by atoms with E-state index in [9.17, 15) is 5.26 Å². The predicted molar refractivity (Wildman–Crippen MR) is 69.7 cm³/mol. The van der Waals surface area contributed by atoms with Gasteiger partial charge in [-0.2, -0.15) is 5.26 Å². The molecule has 0 radical (unpaired) electrons. The van der Waals surface area contributed by atoms with Crippen LogP contribution in [-0.2, 0) is 4.74 Å². The molecule has 17 heavy (non-hydrogen) atoms. The number of ether oxygens (including phenoxy) is 1. The zero-order valence-electron chi connectivity index (χ0n) is 11.5. The summed E-state index contributed by atoms with van der Waals surface area (Å²) in [6.07, 6.45) is 5.25. The average molecular weight is 238 g/mol. The lowest BCUT2D eigenvalue weighted by molar-refractivity contribution is 0.0480. The van der Waals surface area contributed by atoms with Crippen molar-refractivity contribution in [3.63, 3.8) is 0 Å². The highest BCUT2D eigenvalue weighted by Gasteiger charge is 2.39. The van der Waals surface area contributed by atoms with Crippen molar-refractivity contribution in [3.8, 4) is 6.07 Å². The first-order valence-electron chi connectivity index (χ1n) is 6.90. The number of hydrogen-bond donors (Lipinski definition) is 1. The molecule has 98 valence electrons. The summed E-state index contributed by atoms with van der Waals surface area (Å²) in [5.41, 5.74) is -0.321. The van der Waals surface area contributed by atoms with Crippen LogP contribution in [0, 0.1) is 17.2 Å². The second-order valence-corrected chi connectivity index (χ2v) is 5.54. The fourth-order valence-corrected chi connectivity index (χ4v) is 2.28. The Morgan fingerprint density at radius 1 is 1.53 bits per heavy atom. The Bertz CT molecular complexity index is 259. The first-order valence-corrected chi connectivity index (χ1v) is 6.90. The summed E-state index contributed by atoms with van der Waals surface area (Å²) >= 11 is 0. The normalized spacial score (nSPS) is 28.5. The van der Waals surface area contributed by atoms with Crippen molar-refractivity contribution in [1.29, 1.82) is 5.26 Å². The monoisotopic (exact) mass is 238 g/mol. The molecule has 0 aromatic carbocycles. The van der Waals surface area contributed by atoms with Crippen molar-refractivity contribution < 1.29 is 4.74 Å². The topological polar surface area (TPSA) is 45.0 Å². The summed E-state index contributed by atoms with van der Waals surface area (Å²) in [6.45, 7) is 8.30. The van der Waals surface area contributed by atoms with E-state index in [1.165, 1.54) is 0 Å². The molecule has 3 nitrogen and oxygen atoms in total. The Balaban J connectivity index is 2.31. The molecule has 0 aliphatic heterocycles. The van der Waals surface area contributed by atoms with Gasteiger partial charge in [-0.1, -0.05) is 20.8 Å². The van der Waals surface area contributed by atoms with Crippen molar-refractivity contribution >= 4 is 0 Å². The first kappa shape index (κ1) is 14.5. The molecule has 1 aliphatic rings. The van der Waals surface area contributed by atoms with Crippen molar-refractivity contribution in [2.24, 2.45) is 5.92 Å². The van der Waals surface area contributed by atoms with Gasteiger partial charge in [-0.05, 0) is 38.1 Å². The molecule has 0 heterocycles. The summed E-state index contributed by atoms with van der Waals surface area (Å²) < 4.78 is 5.86. The SMILES string of the molecule is CCCNC1(C#N)CCC(OCCC(C)C)C1. The van der Waals surface area contributed by atoms with E-state index in [1.807, 2.05) is 0 Å². The van der Waals surface area contributed by atoms with Gasteiger partial charge in [0.25, 0.3) is 0 Å². The van der Waals surface area contributed by atoms with E-state index in [0.717, 1.165) is 45.3 Å². The van der Waals surface area contributed by atoms with Gasteiger partial charge < -0.3 is 4.74 Å². The van der Waals surface area contributed by atoms with Crippen molar-refractivity contribution in [1.82, 2.24) is 5.32 Å². The Labute approximate surface area is 106 Å². The van der Waals surface area contributed by atoms with Crippen molar-refractivity contribution in [3.05, 3.63) is 0 Å². The van der Waals surface area contributed by atoms with Crippen LogP contribution in [0.1, 0.15) is 52.9 Å². The zero-order chi connectivity index (χ0) is 12.7. The zero-order valence-corrected chi connectivity index (χ0v) is 11.5. The largest absolute Gasteiger partial charge is 0.378 e. The molecule has 1 N–H and O–H groups in total. The highest BCUT2D eigenvalue weighted by atomic mass is 16.5. The fourth-order valence-electron chi connectivity index (χ4n) is 2.28. The van der Waals surface area contributed by atoms with Crippen molar-refractivity contribution in [2.45, 2.75) is 64.5 Å². The van der Waals surface area contributed by atoms with E-state index in [4.69, 9.17) is 4.74 Å². The third kappa shape index (κ3) is 4.65. The van der Waals surface area contributed by atoms with Gasteiger partial charge in [0.05, 0.1) is 12.2 Å². The standard InChI is InChI=1S/C14H26N2O/c1-4-8-16-14(11-15)7-5-13(10-14)17-9-6-12(2)3/h12-13,16H,4-10H2,1-3H3. The molecule has 1 fully saturated rings. The molecule has 0 bridgehead atoms. The summed E-state index contributed by atoms with van der Waals surface area (Å²) in [7, 11) is 0. The quantitative estimate of drug-likeness (QED) is 0.741. The van der Waals surface area contributed by atoms with E-state index in [1.54, 1.807) is 0 Å². The third-order valence-electron chi connectivity index (χ3n) is 3.45. The summed E-state index contributed by atoms with van der Waals surface area (Å²) in [4.78, 5) is 0. The minimum Gasteiger partial charge on any atom is -0.378 e. The summed E-state index contributed by atoms with van der Waals surface area (Å²) in [6, 6.07) is 2.45. The molecule has 1 rings (SSSR count). The third-order valence-corrected chi connectivity index (χ3v) is 3.45. The van der Waals surface area contributed by atoms with Gasteiger partial charge in [0, 0.05) is 13.0 Å². The Morgan fingerprint density at radius 3 is 2.88 bits per heavy atom. The molecule has 0 amide bonds. The van der Waals surface area contributed by atoms with Crippen LogP contribution in [0.2, 0.25) is 0 Å². The van der Waals surface area contributed by atoms with E-state index in [0.29, 0.717) is 5.92 Å². The lowest BCUT2D eigenvalue weighted by Gasteiger charge is -2.22. The molecule has 3 heteroatoms. The van der Waals surface area contributed by atoms with Gasteiger partial charge in [0.2, 0.25) is 0 Å². The minimum atomic E-state index is -0.321.